The molecule has 4 rings (SSSR count). The monoisotopic (exact) mass is 475 g/mol. The van der Waals surface area contributed by atoms with Gasteiger partial charge in [-0.2, -0.15) is 13.9 Å². The summed E-state index contributed by atoms with van der Waals surface area (Å²) >= 11 is 0. The van der Waals surface area contributed by atoms with Crippen molar-refractivity contribution in [1.29, 1.82) is 0 Å². The van der Waals surface area contributed by atoms with E-state index in [9.17, 15) is 22.4 Å². The second kappa shape index (κ2) is 9.44. The fraction of sp³-hybridized carbons (Fsp3) is 0.375. The number of hydrogen-bond donors (Lipinski definition) is 1. The number of nitrogens with one attached hydrogen (secondary N) is 1. The van der Waals surface area contributed by atoms with E-state index in [1.807, 2.05) is 25.1 Å². The highest BCUT2D eigenvalue weighted by Gasteiger charge is 2.33. The fourth-order valence-electron chi connectivity index (χ4n) is 4.17. The van der Waals surface area contributed by atoms with Crippen molar-refractivity contribution < 1.29 is 22.4 Å². The van der Waals surface area contributed by atoms with Gasteiger partial charge in [-0.3, -0.25) is 4.79 Å². The van der Waals surface area contributed by atoms with Crippen LogP contribution in [-0.2, 0) is 0 Å². The maximum Gasteiger partial charge on any atom is 0.333 e. The van der Waals surface area contributed by atoms with Crippen LogP contribution in [0.25, 0.3) is 11.1 Å². The van der Waals surface area contributed by atoms with Gasteiger partial charge in [0.15, 0.2) is 0 Å². The summed E-state index contributed by atoms with van der Waals surface area (Å²) in [6.07, 6.45) is 3.64. The SMILES string of the molecule is Cc1cccc(NC(=O)c2c(N3CCCC(F)(F)CC3)ncc(-c3cnn(C(F)F)c3)c2C)c1. The number of hydrogen-bond acceptors (Lipinski definition) is 4. The minimum Gasteiger partial charge on any atom is -0.356 e. The number of alkyl halides is 4. The van der Waals surface area contributed by atoms with Gasteiger partial charge < -0.3 is 10.2 Å². The van der Waals surface area contributed by atoms with Gasteiger partial charge in [0, 0.05) is 55.1 Å². The number of carbonyl (C=O) groups excluding carboxylic acids is 1. The van der Waals surface area contributed by atoms with Gasteiger partial charge in [-0.25, -0.2) is 18.4 Å². The number of benzene rings is 1. The molecule has 1 N–H and O–H groups in total. The molecule has 0 atom stereocenters. The van der Waals surface area contributed by atoms with Crippen molar-refractivity contribution in [2.45, 2.75) is 45.6 Å². The van der Waals surface area contributed by atoms with E-state index in [4.69, 9.17) is 0 Å². The Labute approximate surface area is 194 Å². The molecule has 10 heteroatoms. The van der Waals surface area contributed by atoms with Crippen LogP contribution in [0, 0.1) is 13.8 Å². The summed E-state index contributed by atoms with van der Waals surface area (Å²) in [7, 11) is 0. The Kier molecular flexibility index (Phi) is 6.58. The molecule has 1 saturated heterocycles. The normalized spacial score (nSPS) is 15.9. The number of carbonyl (C=O) groups is 1. The molecule has 6 nitrogen and oxygen atoms in total. The van der Waals surface area contributed by atoms with Crippen LogP contribution < -0.4 is 10.2 Å². The number of rotatable bonds is 5. The summed E-state index contributed by atoms with van der Waals surface area (Å²) in [4.78, 5) is 19.6. The minimum atomic E-state index is -2.80. The average Bonchev–Trinajstić information content (AvgIpc) is 3.19. The van der Waals surface area contributed by atoms with Crippen molar-refractivity contribution in [3.8, 4) is 11.1 Å². The van der Waals surface area contributed by atoms with Crippen LogP contribution in [0.4, 0.5) is 29.1 Å². The van der Waals surface area contributed by atoms with Gasteiger partial charge in [0.25, 0.3) is 5.91 Å². The van der Waals surface area contributed by atoms with Gasteiger partial charge in [-0.1, -0.05) is 12.1 Å². The molecule has 0 radical (unpaired) electrons. The summed E-state index contributed by atoms with van der Waals surface area (Å²) in [6, 6.07) is 7.26. The third kappa shape index (κ3) is 5.05. The second-order valence-corrected chi connectivity index (χ2v) is 8.50. The molecule has 2 aromatic heterocycles. The Hall–Kier alpha value is -3.43. The number of anilines is 2. The molecule has 0 unspecified atom stereocenters. The number of nitrogens with zero attached hydrogens (tertiary/aromatic N) is 4. The molecule has 1 aliphatic heterocycles. The lowest BCUT2D eigenvalue weighted by Gasteiger charge is -2.26. The molecule has 0 spiro atoms. The third-order valence-electron chi connectivity index (χ3n) is 5.95. The lowest BCUT2D eigenvalue weighted by molar-refractivity contribution is -0.0102. The molecular formula is C24H25F4N5O. The predicted molar refractivity (Wildman–Crippen MR) is 122 cm³/mol. The summed E-state index contributed by atoms with van der Waals surface area (Å²) in [5.41, 5.74) is 3.09. The Morgan fingerprint density at radius 2 is 1.94 bits per heavy atom. The standard InChI is InChI=1S/C24H25F4N5O/c1-15-5-3-6-18(11-15)31-22(34)20-16(2)19(17-12-30-33(14-17)23(25)26)13-29-21(20)32-9-4-7-24(27,28)8-10-32/h3,5-6,11-14,23H,4,7-10H2,1-2H3,(H,31,34). The first-order valence-corrected chi connectivity index (χ1v) is 11.0. The first-order valence-electron chi connectivity index (χ1n) is 11.0. The lowest BCUT2D eigenvalue weighted by atomic mass is 9.99. The van der Waals surface area contributed by atoms with Gasteiger partial charge in [0.05, 0.1) is 11.8 Å². The van der Waals surface area contributed by atoms with Crippen molar-refractivity contribution in [3.63, 3.8) is 0 Å². The lowest BCUT2D eigenvalue weighted by Crippen LogP contribution is -2.30. The summed E-state index contributed by atoms with van der Waals surface area (Å²) in [5, 5.41) is 6.53. The number of aryl methyl sites for hydroxylation is 1. The summed E-state index contributed by atoms with van der Waals surface area (Å²) in [5.74, 6) is -2.92. The van der Waals surface area contributed by atoms with E-state index in [1.165, 1.54) is 18.6 Å². The van der Waals surface area contributed by atoms with Crippen LogP contribution in [0.3, 0.4) is 0 Å². The molecule has 0 saturated carbocycles. The quantitative estimate of drug-likeness (QED) is 0.472. The molecule has 3 aromatic rings. The van der Waals surface area contributed by atoms with E-state index in [2.05, 4.69) is 15.4 Å². The Morgan fingerprint density at radius 3 is 2.65 bits per heavy atom. The van der Waals surface area contributed by atoms with Crippen LogP contribution in [-0.4, -0.2) is 39.7 Å². The van der Waals surface area contributed by atoms with E-state index < -0.39 is 18.4 Å². The second-order valence-electron chi connectivity index (χ2n) is 8.50. The highest BCUT2D eigenvalue weighted by molar-refractivity contribution is 6.09. The van der Waals surface area contributed by atoms with Crippen LogP contribution >= 0.6 is 0 Å². The zero-order valence-corrected chi connectivity index (χ0v) is 18.9. The molecule has 34 heavy (non-hydrogen) atoms. The third-order valence-corrected chi connectivity index (χ3v) is 5.95. The predicted octanol–water partition coefficient (Wildman–Crippen LogP) is 5.83. The Balaban J connectivity index is 1.77. The molecule has 1 amide bonds. The molecule has 0 bridgehead atoms. The van der Waals surface area contributed by atoms with Crippen LogP contribution in [0.2, 0.25) is 0 Å². The largest absolute Gasteiger partial charge is 0.356 e. The average molecular weight is 475 g/mol. The van der Waals surface area contributed by atoms with Crippen molar-refractivity contribution in [2.75, 3.05) is 23.3 Å². The van der Waals surface area contributed by atoms with Gasteiger partial charge in [0.1, 0.15) is 5.82 Å². The number of pyridine rings is 1. The first kappa shape index (κ1) is 23.7. The molecule has 180 valence electrons. The zero-order chi connectivity index (χ0) is 24.5. The summed E-state index contributed by atoms with van der Waals surface area (Å²) in [6.45, 7) is 1.16. The topological polar surface area (TPSA) is 63.1 Å². The van der Waals surface area contributed by atoms with Crippen LogP contribution in [0.5, 0.6) is 0 Å². The van der Waals surface area contributed by atoms with E-state index in [0.717, 1.165) is 5.56 Å². The minimum absolute atomic E-state index is 0.0484. The fourth-order valence-corrected chi connectivity index (χ4v) is 4.17. The van der Waals surface area contributed by atoms with Crippen molar-refractivity contribution in [3.05, 3.63) is 59.5 Å². The molecule has 0 aliphatic carbocycles. The van der Waals surface area contributed by atoms with Crippen molar-refractivity contribution >= 4 is 17.4 Å². The Bertz CT molecular complexity index is 1190. The highest BCUT2D eigenvalue weighted by Crippen LogP contribution is 2.35. The van der Waals surface area contributed by atoms with Crippen LogP contribution in [0.1, 0.15) is 47.3 Å². The molecule has 1 aliphatic rings. The molecular weight excluding hydrogens is 450 g/mol. The van der Waals surface area contributed by atoms with Crippen LogP contribution in [0.15, 0.2) is 42.9 Å². The maximum atomic E-state index is 14.0. The van der Waals surface area contributed by atoms with Gasteiger partial charge in [0.2, 0.25) is 5.92 Å². The van der Waals surface area contributed by atoms with Gasteiger partial charge in [-0.15, -0.1) is 0 Å². The highest BCUT2D eigenvalue weighted by atomic mass is 19.3. The Morgan fingerprint density at radius 1 is 1.15 bits per heavy atom. The smallest absolute Gasteiger partial charge is 0.333 e. The number of aromatic nitrogens is 3. The van der Waals surface area contributed by atoms with Crippen molar-refractivity contribution in [1.82, 2.24) is 14.8 Å². The molecule has 1 fully saturated rings. The van der Waals surface area contributed by atoms with E-state index >= 15 is 0 Å². The van der Waals surface area contributed by atoms with E-state index in [0.29, 0.717) is 39.4 Å². The van der Waals surface area contributed by atoms with Gasteiger partial charge in [-0.05, 0) is 43.5 Å². The summed E-state index contributed by atoms with van der Waals surface area (Å²) < 4.78 is 54.5. The first-order chi connectivity index (χ1) is 16.1. The molecule has 3 heterocycles. The number of halogens is 4. The van der Waals surface area contributed by atoms with Gasteiger partial charge >= 0.3 is 6.55 Å². The molecule has 1 aromatic carbocycles. The van der Waals surface area contributed by atoms with E-state index in [1.54, 1.807) is 17.9 Å². The number of amides is 1. The zero-order valence-electron chi connectivity index (χ0n) is 18.9. The van der Waals surface area contributed by atoms with Crippen molar-refractivity contribution in [2.24, 2.45) is 0 Å². The van der Waals surface area contributed by atoms with E-state index in [-0.39, 0.29) is 31.4 Å². The maximum absolute atomic E-state index is 14.0.